The Balaban J connectivity index is 1.60. The fraction of sp³-hybridized carbons (Fsp3) is 0.452. The zero-order valence-corrected chi connectivity index (χ0v) is 29.1. The van der Waals surface area contributed by atoms with Crippen LogP contribution in [0, 0.1) is 0 Å². The second-order valence-corrected chi connectivity index (χ2v) is 16.0. The molecule has 9 nitrogen and oxygen atoms in total. The first-order valence-corrected chi connectivity index (χ1v) is 19.9. The summed E-state index contributed by atoms with van der Waals surface area (Å²) in [6.45, 7) is 10.7. The van der Waals surface area contributed by atoms with Gasteiger partial charge in [0.15, 0.2) is 6.54 Å². The minimum absolute atomic E-state index is 0.0641. The third-order valence-electron chi connectivity index (χ3n) is 7.86. The van der Waals surface area contributed by atoms with Gasteiger partial charge in [-0.1, -0.05) is 58.6 Å². The number of hydroxylamine groups is 3. The predicted molar refractivity (Wildman–Crippen MR) is 180 cm³/mol. The minimum atomic E-state index is -4.04. The quantitative estimate of drug-likeness (QED) is 0.0820. The van der Waals surface area contributed by atoms with Gasteiger partial charge in [-0.25, -0.2) is 0 Å². The number of para-hydroxylation sites is 2. The van der Waals surface area contributed by atoms with Crippen molar-refractivity contribution in [1.29, 1.82) is 0 Å². The van der Waals surface area contributed by atoms with Gasteiger partial charge in [-0.15, -0.1) is 0 Å². The first kappa shape index (κ1) is 34.6. The molecule has 0 saturated carbocycles. The lowest BCUT2D eigenvalue weighted by Gasteiger charge is -2.31. The van der Waals surface area contributed by atoms with Crippen LogP contribution >= 0.6 is 23.1 Å². The maximum absolute atomic E-state index is 13.0. The molecule has 0 atom stereocenters. The largest absolute Gasteiger partial charge is 0.335 e. The van der Waals surface area contributed by atoms with E-state index in [-0.39, 0.29) is 16.2 Å². The van der Waals surface area contributed by atoms with Gasteiger partial charge < -0.3 is 4.90 Å². The van der Waals surface area contributed by atoms with Gasteiger partial charge in [0, 0.05) is 30.0 Å². The second-order valence-electron chi connectivity index (χ2n) is 10.7. The summed E-state index contributed by atoms with van der Waals surface area (Å²) in [7, 11) is -7.75. The monoisotopic (exact) mass is 681 g/mol. The van der Waals surface area contributed by atoms with Crippen molar-refractivity contribution in [2.24, 2.45) is 0 Å². The van der Waals surface area contributed by atoms with Crippen LogP contribution in [0.3, 0.4) is 0 Å². The molecular weight excluding hydrogens is 639 g/mol. The number of hydrogen-bond donors (Lipinski definition) is 1. The summed E-state index contributed by atoms with van der Waals surface area (Å²) in [5, 5.41) is 2.02. The molecule has 44 heavy (non-hydrogen) atoms. The van der Waals surface area contributed by atoms with E-state index in [9.17, 15) is 21.4 Å². The summed E-state index contributed by atoms with van der Waals surface area (Å²) in [6.07, 6.45) is 5.79. The lowest BCUT2D eigenvalue weighted by molar-refractivity contribution is -1.08. The third kappa shape index (κ3) is 8.71. The predicted octanol–water partition coefficient (Wildman–Crippen LogP) is 6.24. The maximum Gasteiger partial charge on any atom is 0.314 e. The Hall–Kier alpha value is -2.26. The molecule has 1 aliphatic rings. The van der Waals surface area contributed by atoms with Crippen molar-refractivity contribution in [3.63, 3.8) is 0 Å². The molecule has 0 radical (unpaired) electrons. The number of nitrogens with zero attached hydrogens (tertiary/aromatic N) is 3. The zero-order chi connectivity index (χ0) is 32.0. The molecule has 0 spiro atoms. The van der Waals surface area contributed by atoms with Crippen molar-refractivity contribution in [3.05, 3.63) is 70.2 Å². The van der Waals surface area contributed by atoms with Gasteiger partial charge in [0.05, 0.1) is 22.2 Å². The zero-order valence-electron chi connectivity index (χ0n) is 25.8. The van der Waals surface area contributed by atoms with E-state index in [0.29, 0.717) is 45.6 Å². The van der Waals surface area contributed by atoms with Crippen molar-refractivity contribution in [1.82, 2.24) is 0 Å². The van der Waals surface area contributed by atoms with Crippen molar-refractivity contribution in [3.8, 4) is 0 Å². The number of thiazole rings is 1. The SMILES string of the molecule is CCC(/C=C1\Sc2ccccc2N1CCCS(=O)(=O)O[N+](CC)(CC)CC)=C\c1sc2ccccc2[n+]1CCCS(=O)(=O)O. The van der Waals surface area contributed by atoms with Crippen LogP contribution in [0.4, 0.5) is 5.69 Å². The first-order chi connectivity index (χ1) is 20.9. The Morgan fingerprint density at radius 3 is 2.32 bits per heavy atom. The molecule has 0 saturated heterocycles. The van der Waals surface area contributed by atoms with Crippen LogP contribution in [0.5, 0.6) is 0 Å². The molecule has 1 aromatic heterocycles. The molecule has 240 valence electrons. The highest BCUT2D eigenvalue weighted by molar-refractivity contribution is 8.03. The summed E-state index contributed by atoms with van der Waals surface area (Å²) in [4.78, 5) is 3.31. The lowest BCUT2D eigenvalue weighted by atomic mass is 10.2. The van der Waals surface area contributed by atoms with Crippen LogP contribution in [0.15, 0.2) is 70.1 Å². The number of allylic oxidation sites excluding steroid dienone is 2. The van der Waals surface area contributed by atoms with Gasteiger partial charge in [0.1, 0.15) is 24.3 Å². The first-order valence-electron chi connectivity index (χ1n) is 15.1. The molecule has 1 N–H and O–H groups in total. The second kappa shape index (κ2) is 14.9. The molecule has 4 rings (SSSR count). The Morgan fingerprint density at radius 2 is 1.64 bits per heavy atom. The van der Waals surface area contributed by atoms with E-state index in [2.05, 4.69) is 40.7 Å². The molecule has 0 unspecified atom stereocenters. The molecule has 2 heterocycles. The molecule has 13 heteroatoms. The number of quaternary nitrogens is 1. The summed E-state index contributed by atoms with van der Waals surface area (Å²) in [5.41, 5.74) is 3.17. The fourth-order valence-corrected chi connectivity index (χ4v) is 9.44. The van der Waals surface area contributed by atoms with Crippen molar-refractivity contribution >= 4 is 65.3 Å². The Labute approximate surface area is 270 Å². The maximum atomic E-state index is 13.0. The fourth-order valence-electron chi connectivity index (χ4n) is 5.26. The number of aryl methyl sites for hydroxylation is 1. The lowest BCUT2D eigenvalue weighted by Crippen LogP contribution is -2.49. The standard InChI is InChI=1S/C31H42N3O6S4/c1-5-25(23-30-32(19-13-21-43(35,36)37)26-15-9-11-17-28(26)41-30)24-31-33(27-16-10-12-18-29(27)42-31)20-14-22-44(38,39)40-34(6-2,7-3)8-4/h9-12,15-18,23-24H,5-8,13-14,19-22H2,1-4H3/q+1/p+1. The topological polar surface area (TPSA) is 105 Å². The number of anilines is 1. The van der Waals surface area contributed by atoms with E-state index in [1.165, 1.54) is 0 Å². The van der Waals surface area contributed by atoms with Gasteiger partial charge in [-0.3, -0.25) is 4.55 Å². The molecule has 3 aromatic rings. The molecular formula is C31H43N3O6S4+2. The van der Waals surface area contributed by atoms with Crippen molar-refractivity contribution in [2.45, 2.75) is 58.4 Å². The highest BCUT2D eigenvalue weighted by Crippen LogP contribution is 2.46. The number of fused-ring (bicyclic) bond motifs is 2. The smallest absolute Gasteiger partial charge is 0.314 e. The molecule has 0 fully saturated rings. The van der Waals surface area contributed by atoms with E-state index in [1.54, 1.807) is 23.1 Å². The average Bonchev–Trinajstić information content (AvgIpc) is 3.52. The van der Waals surface area contributed by atoms with E-state index in [4.69, 9.17) is 4.28 Å². The van der Waals surface area contributed by atoms with Gasteiger partial charge in [0.2, 0.25) is 5.52 Å². The number of thioether (sulfide) groups is 1. The Kier molecular flexibility index (Phi) is 11.7. The van der Waals surface area contributed by atoms with Crippen molar-refractivity contribution in [2.75, 3.05) is 42.6 Å². The van der Waals surface area contributed by atoms with E-state index >= 15 is 0 Å². The molecule has 0 bridgehead atoms. The van der Waals surface area contributed by atoms with Crippen molar-refractivity contribution < 1.29 is 34.9 Å². The van der Waals surface area contributed by atoms with E-state index < -0.39 is 20.2 Å². The summed E-state index contributed by atoms with van der Waals surface area (Å²) in [5.74, 6) is -0.358. The van der Waals surface area contributed by atoms with Crippen LogP contribution in [0.25, 0.3) is 16.3 Å². The summed E-state index contributed by atoms with van der Waals surface area (Å²) < 4.78 is 66.9. The molecule has 0 amide bonds. The summed E-state index contributed by atoms with van der Waals surface area (Å²) >= 11 is 3.31. The molecule has 0 aliphatic carbocycles. The number of aromatic nitrogens is 1. The highest BCUT2D eigenvalue weighted by atomic mass is 32.2. The van der Waals surface area contributed by atoms with Gasteiger partial charge in [-0.05, 0) is 63.5 Å². The van der Waals surface area contributed by atoms with Gasteiger partial charge in [0.25, 0.3) is 15.1 Å². The van der Waals surface area contributed by atoms with Crippen LogP contribution in [0.1, 0.15) is 52.0 Å². The third-order valence-corrected chi connectivity index (χ3v) is 12.2. The highest BCUT2D eigenvalue weighted by Gasteiger charge is 2.32. The van der Waals surface area contributed by atoms with Crippen LogP contribution < -0.4 is 9.47 Å². The van der Waals surface area contributed by atoms with Gasteiger partial charge in [-0.2, -0.15) is 26.0 Å². The molecule has 2 aromatic carbocycles. The summed E-state index contributed by atoms with van der Waals surface area (Å²) in [6, 6.07) is 16.2. The van der Waals surface area contributed by atoms with Crippen LogP contribution in [0.2, 0.25) is 0 Å². The number of hydrogen-bond acceptors (Lipinski definition) is 8. The minimum Gasteiger partial charge on any atom is -0.335 e. The van der Waals surface area contributed by atoms with E-state index in [0.717, 1.165) is 42.8 Å². The number of benzene rings is 2. The Morgan fingerprint density at radius 1 is 0.955 bits per heavy atom. The van der Waals surface area contributed by atoms with Crippen LogP contribution in [-0.2, 0) is 31.1 Å². The van der Waals surface area contributed by atoms with Gasteiger partial charge >= 0.3 is 10.1 Å². The molecule has 1 aliphatic heterocycles. The van der Waals surface area contributed by atoms with E-state index in [1.807, 2.05) is 57.2 Å². The Bertz CT molecular complexity index is 1720. The normalized spacial score (nSPS) is 15.4. The average molecular weight is 682 g/mol. The van der Waals surface area contributed by atoms with Crippen LogP contribution in [-0.4, -0.2) is 63.7 Å². The number of rotatable bonds is 16.